The normalized spacial score (nSPS) is 22.7. The van der Waals surface area contributed by atoms with E-state index in [1.165, 1.54) is 0 Å². The number of nitrogens with zero attached hydrogens (tertiary/aromatic N) is 1. The molecule has 4 heteroatoms. The molecule has 0 aromatic heterocycles. The lowest BCUT2D eigenvalue weighted by molar-refractivity contribution is -0.143. The molecule has 1 heterocycles. The van der Waals surface area contributed by atoms with Crippen LogP contribution in [0.15, 0.2) is 35.3 Å². The molecule has 0 radical (unpaired) electrons. The van der Waals surface area contributed by atoms with Crippen LogP contribution in [0.5, 0.6) is 0 Å². The molecule has 1 aliphatic rings. The maximum absolute atomic E-state index is 11.5. The third kappa shape index (κ3) is 3.13. The summed E-state index contributed by atoms with van der Waals surface area (Å²) < 4.78 is 4.99. The number of esters is 1. The lowest BCUT2D eigenvalue weighted by atomic mass is 10.2. The van der Waals surface area contributed by atoms with Gasteiger partial charge in [0.05, 0.1) is 24.1 Å². The van der Waals surface area contributed by atoms with Crippen molar-refractivity contribution in [2.24, 2.45) is 4.99 Å². The van der Waals surface area contributed by atoms with Crippen molar-refractivity contribution in [1.82, 2.24) is 0 Å². The third-order valence-corrected chi connectivity index (χ3v) is 4.24. The summed E-state index contributed by atoms with van der Waals surface area (Å²) in [6.07, 6.45) is 0.430. The summed E-state index contributed by atoms with van der Waals surface area (Å²) in [5, 5.41) is 1.22. The van der Waals surface area contributed by atoms with E-state index in [-0.39, 0.29) is 17.3 Å². The number of hydrogen-bond donors (Lipinski definition) is 0. The Balaban J connectivity index is 1.99. The molecule has 96 valence electrons. The first-order valence-corrected chi connectivity index (χ1v) is 7.04. The van der Waals surface area contributed by atoms with Crippen molar-refractivity contribution in [3.8, 4) is 0 Å². The number of benzene rings is 1. The first-order valence-electron chi connectivity index (χ1n) is 6.16. The molecule has 2 atom stereocenters. The molecule has 3 nitrogen and oxygen atoms in total. The molecule has 0 fully saturated rings. The van der Waals surface area contributed by atoms with Crippen LogP contribution < -0.4 is 0 Å². The van der Waals surface area contributed by atoms with Crippen molar-refractivity contribution in [3.63, 3.8) is 0 Å². The highest BCUT2D eigenvalue weighted by Gasteiger charge is 2.29. The maximum atomic E-state index is 11.5. The summed E-state index contributed by atoms with van der Waals surface area (Å²) >= 11 is 1.68. The predicted octanol–water partition coefficient (Wildman–Crippen LogP) is 2.89. The Labute approximate surface area is 112 Å². The molecule has 18 heavy (non-hydrogen) atoms. The van der Waals surface area contributed by atoms with Gasteiger partial charge in [-0.25, -0.2) is 0 Å². The topological polar surface area (TPSA) is 38.7 Å². The van der Waals surface area contributed by atoms with Gasteiger partial charge in [-0.1, -0.05) is 30.3 Å². The maximum Gasteiger partial charge on any atom is 0.306 e. The Hall–Kier alpha value is -1.29. The average molecular weight is 263 g/mol. The summed E-state index contributed by atoms with van der Waals surface area (Å²) in [6, 6.07) is 10.2. The molecule has 2 rings (SSSR count). The van der Waals surface area contributed by atoms with Gasteiger partial charge >= 0.3 is 5.97 Å². The molecular formula is C14H17NO2S. The molecule has 0 N–H and O–H groups in total. The Morgan fingerprint density at radius 3 is 2.78 bits per heavy atom. The monoisotopic (exact) mass is 263 g/mol. The fourth-order valence-electron chi connectivity index (χ4n) is 1.86. The fraction of sp³-hybridized carbons (Fsp3) is 0.429. The molecule has 0 aliphatic carbocycles. The van der Waals surface area contributed by atoms with Gasteiger partial charge in [0.15, 0.2) is 0 Å². The number of rotatable bonds is 4. The zero-order valence-electron chi connectivity index (χ0n) is 10.6. The molecule has 0 bridgehead atoms. The second kappa shape index (κ2) is 6.05. The Morgan fingerprint density at radius 2 is 2.11 bits per heavy atom. The van der Waals surface area contributed by atoms with Crippen LogP contribution >= 0.6 is 11.8 Å². The highest BCUT2D eigenvalue weighted by Crippen LogP contribution is 2.32. The highest BCUT2D eigenvalue weighted by atomic mass is 32.2. The first kappa shape index (κ1) is 13.1. The van der Waals surface area contributed by atoms with Gasteiger partial charge in [-0.15, -0.1) is 11.8 Å². The Bertz CT molecular complexity index is 444. The number of aliphatic imine (C=N–C) groups is 1. The van der Waals surface area contributed by atoms with E-state index in [9.17, 15) is 4.79 Å². The second-order valence-corrected chi connectivity index (χ2v) is 5.43. The van der Waals surface area contributed by atoms with Crippen LogP contribution in [0, 0.1) is 0 Å². The van der Waals surface area contributed by atoms with Crippen LogP contribution in [0.1, 0.15) is 25.8 Å². The fourth-order valence-corrected chi connectivity index (χ4v) is 3.12. The number of thioether (sulfide) groups is 1. The van der Waals surface area contributed by atoms with Crippen molar-refractivity contribution >= 4 is 22.8 Å². The molecule has 1 aromatic rings. The van der Waals surface area contributed by atoms with Gasteiger partial charge < -0.3 is 4.74 Å². The van der Waals surface area contributed by atoms with Crippen molar-refractivity contribution in [1.29, 1.82) is 0 Å². The van der Waals surface area contributed by atoms with Gasteiger partial charge in [0.25, 0.3) is 0 Å². The summed E-state index contributed by atoms with van der Waals surface area (Å²) in [4.78, 5) is 16.1. The molecule has 2 unspecified atom stereocenters. The van der Waals surface area contributed by atoms with Gasteiger partial charge in [-0.05, 0) is 13.8 Å². The Kier molecular flexibility index (Phi) is 4.42. The van der Waals surface area contributed by atoms with Crippen LogP contribution in [0.2, 0.25) is 0 Å². The van der Waals surface area contributed by atoms with Crippen molar-refractivity contribution in [2.45, 2.75) is 31.6 Å². The van der Waals surface area contributed by atoms with Gasteiger partial charge in [-0.2, -0.15) is 0 Å². The zero-order valence-corrected chi connectivity index (χ0v) is 11.4. The van der Waals surface area contributed by atoms with Gasteiger partial charge in [-0.3, -0.25) is 9.79 Å². The lowest BCUT2D eigenvalue weighted by Crippen LogP contribution is -2.19. The molecule has 1 aromatic carbocycles. The summed E-state index contributed by atoms with van der Waals surface area (Å²) in [7, 11) is 0. The van der Waals surface area contributed by atoms with Crippen molar-refractivity contribution in [2.75, 3.05) is 6.61 Å². The standard InChI is InChI=1S/C14H17NO2S/c1-3-17-13(16)9-12-10(2)15-14(18-12)11-7-5-4-6-8-11/h4-8,10,12H,3,9H2,1-2H3. The minimum Gasteiger partial charge on any atom is -0.466 e. The largest absolute Gasteiger partial charge is 0.466 e. The molecule has 0 spiro atoms. The van der Waals surface area contributed by atoms with Gasteiger partial charge in [0.2, 0.25) is 0 Å². The number of ether oxygens (including phenoxy) is 1. The van der Waals surface area contributed by atoms with Crippen LogP contribution in [0.4, 0.5) is 0 Å². The number of carbonyl (C=O) groups is 1. The van der Waals surface area contributed by atoms with Crippen LogP contribution in [0.25, 0.3) is 0 Å². The van der Waals surface area contributed by atoms with E-state index in [1.54, 1.807) is 11.8 Å². The third-order valence-electron chi connectivity index (χ3n) is 2.82. The van der Waals surface area contributed by atoms with Crippen molar-refractivity contribution < 1.29 is 9.53 Å². The van der Waals surface area contributed by atoms with E-state index in [0.717, 1.165) is 10.6 Å². The zero-order chi connectivity index (χ0) is 13.0. The predicted molar refractivity (Wildman–Crippen MR) is 75.1 cm³/mol. The highest BCUT2D eigenvalue weighted by molar-refractivity contribution is 8.15. The van der Waals surface area contributed by atoms with Gasteiger partial charge in [0.1, 0.15) is 0 Å². The Morgan fingerprint density at radius 1 is 1.39 bits per heavy atom. The minimum atomic E-state index is -0.133. The van der Waals surface area contributed by atoms with E-state index >= 15 is 0 Å². The quantitative estimate of drug-likeness (QED) is 0.784. The molecule has 0 saturated heterocycles. The smallest absolute Gasteiger partial charge is 0.306 e. The van der Waals surface area contributed by atoms with E-state index in [4.69, 9.17) is 4.74 Å². The summed E-state index contributed by atoms with van der Waals surface area (Å²) in [6.45, 7) is 4.32. The molecular weight excluding hydrogens is 246 g/mol. The summed E-state index contributed by atoms with van der Waals surface area (Å²) in [5.41, 5.74) is 1.13. The van der Waals surface area contributed by atoms with Crippen molar-refractivity contribution in [3.05, 3.63) is 35.9 Å². The number of hydrogen-bond acceptors (Lipinski definition) is 4. The van der Waals surface area contributed by atoms with E-state index in [1.807, 2.05) is 44.2 Å². The average Bonchev–Trinajstić information content (AvgIpc) is 2.72. The van der Waals surface area contributed by atoms with E-state index in [2.05, 4.69) is 4.99 Å². The van der Waals surface area contributed by atoms with E-state index in [0.29, 0.717) is 13.0 Å². The molecule has 0 saturated carbocycles. The first-order chi connectivity index (χ1) is 8.70. The lowest BCUT2D eigenvalue weighted by Gasteiger charge is -2.11. The molecule has 1 aliphatic heterocycles. The van der Waals surface area contributed by atoms with Crippen LogP contribution in [0.3, 0.4) is 0 Å². The summed E-state index contributed by atoms with van der Waals surface area (Å²) in [5.74, 6) is -0.133. The van der Waals surface area contributed by atoms with E-state index < -0.39 is 0 Å². The number of carbonyl (C=O) groups excluding carboxylic acids is 1. The molecule has 0 amide bonds. The van der Waals surface area contributed by atoms with Crippen LogP contribution in [-0.2, 0) is 9.53 Å². The second-order valence-electron chi connectivity index (χ2n) is 4.21. The minimum absolute atomic E-state index is 0.133. The SMILES string of the molecule is CCOC(=O)CC1SC(c2ccccc2)=NC1C. The van der Waals surface area contributed by atoms with Gasteiger partial charge in [0, 0.05) is 10.8 Å². The van der Waals surface area contributed by atoms with Crippen LogP contribution in [-0.4, -0.2) is 28.9 Å².